The van der Waals surface area contributed by atoms with Crippen LogP contribution in [-0.4, -0.2) is 22.9 Å². The van der Waals surface area contributed by atoms with Crippen LogP contribution in [0.4, 0.5) is 5.82 Å². The smallest absolute Gasteiger partial charge is 0.221 e. The van der Waals surface area contributed by atoms with Crippen LogP contribution in [0.2, 0.25) is 0 Å². The molecule has 2 heterocycles. The number of benzene rings is 1. The van der Waals surface area contributed by atoms with Gasteiger partial charge in [0.05, 0.1) is 23.6 Å². The van der Waals surface area contributed by atoms with Gasteiger partial charge in [-0.2, -0.15) is 0 Å². The highest BCUT2D eigenvalue weighted by molar-refractivity contribution is 14.1. The van der Waals surface area contributed by atoms with Crippen molar-refractivity contribution in [2.24, 2.45) is 5.16 Å². The van der Waals surface area contributed by atoms with Crippen LogP contribution < -0.4 is 5.73 Å². The molecule has 6 nitrogen and oxygen atoms in total. The van der Waals surface area contributed by atoms with Crippen LogP contribution in [-0.2, 0) is 26.2 Å². The van der Waals surface area contributed by atoms with E-state index in [4.69, 9.17) is 15.3 Å². The minimum absolute atomic E-state index is 0.251. The van der Waals surface area contributed by atoms with Gasteiger partial charge in [-0.05, 0) is 52.4 Å². The molecule has 1 aromatic heterocycles. The number of nitrogen functional groups attached to an aromatic ring is 1. The maximum absolute atomic E-state index is 9.35. The van der Waals surface area contributed by atoms with E-state index in [-0.39, 0.29) is 5.75 Å². The predicted octanol–water partition coefficient (Wildman–Crippen LogP) is 3.12. The van der Waals surface area contributed by atoms with Gasteiger partial charge in [-0.1, -0.05) is 17.3 Å². The van der Waals surface area contributed by atoms with Gasteiger partial charge in [-0.15, -0.1) is 0 Å². The monoisotopic (exact) mass is 439 g/mol. The second kappa shape index (κ2) is 6.94. The summed E-state index contributed by atoms with van der Waals surface area (Å²) >= 11 is 2.22. The van der Waals surface area contributed by atoms with E-state index in [1.165, 1.54) is 0 Å². The zero-order chi connectivity index (χ0) is 17.2. The molecule has 0 aliphatic carbocycles. The van der Waals surface area contributed by atoms with Crippen LogP contribution in [0.5, 0.6) is 5.75 Å². The average Bonchev–Trinajstić information content (AvgIpc) is 2.92. The fourth-order valence-corrected chi connectivity index (χ4v) is 3.61. The number of aromatic nitrogens is 1. The summed E-state index contributed by atoms with van der Waals surface area (Å²) in [6, 6.07) is 10.9. The van der Waals surface area contributed by atoms with E-state index in [1.54, 1.807) is 19.2 Å². The van der Waals surface area contributed by atoms with Crippen molar-refractivity contribution < 1.29 is 14.7 Å². The number of alkyl halides is 1. The molecule has 0 radical (unpaired) electrons. The predicted molar refractivity (Wildman–Crippen MR) is 100 cm³/mol. The minimum atomic E-state index is -0.646. The Labute approximate surface area is 153 Å². The van der Waals surface area contributed by atoms with Crippen molar-refractivity contribution >= 4 is 34.1 Å². The molecule has 2 aromatic rings. The molecular formula is C17H18IN3O3. The van der Waals surface area contributed by atoms with Gasteiger partial charge >= 0.3 is 0 Å². The van der Waals surface area contributed by atoms with E-state index in [1.807, 2.05) is 24.3 Å². The summed E-state index contributed by atoms with van der Waals surface area (Å²) in [6.07, 6.45) is 1.30. The second-order valence-corrected chi connectivity index (χ2v) is 7.41. The Hall–Kier alpha value is -1.87. The molecule has 1 aliphatic rings. The molecule has 0 saturated heterocycles. The molecule has 1 atom stereocenters. The van der Waals surface area contributed by atoms with E-state index >= 15 is 0 Å². The third-order valence-electron chi connectivity index (χ3n) is 3.77. The summed E-state index contributed by atoms with van der Waals surface area (Å²) in [5.41, 5.74) is 9.69. The third-order valence-corrected chi connectivity index (χ3v) is 4.93. The molecule has 1 aromatic carbocycles. The Morgan fingerprint density at radius 1 is 1.29 bits per heavy atom. The first-order chi connectivity index (χ1) is 11.5. The van der Waals surface area contributed by atoms with Crippen LogP contribution in [0.15, 0.2) is 41.6 Å². The van der Waals surface area contributed by atoms with Crippen molar-refractivity contribution in [3.63, 3.8) is 0 Å². The quantitative estimate of drug-likeness (QED) is 0.552. The number of oxime groups is 1. The number of ether oxygens (including phenoxy) is 1. The summed E-state index contributed by atoms with van der Waals surface area (Å²) < 4.78 is 4.43. The van der Waals surface area contributed by atoms with Crippen LogP contribution in [0.1, 0.15) is 23.2 Å². The van der Waals surface area contributed by atoms with Crippen LogP contribution in [0.25, 0.3) is 0 Å². The van der Waals surface area contributed by atoms with E-state index in [9.17, 15) is 5.11 Å². The molecule has 3 rings (SSSR count). The van der Waals surface area contributed by atoms with Gasteiger partial charge in [0.1, 0.15) is 11.6 Å². The molecule has 1 unspecified atom stereocenters. The van der Waals surface area contributed by atoms with Crippen molar-refractivity contribution in [1.82, 2.24) is 4.98 Å². The van der Waals surface area contributed by atoms with Crippen molar-refractivity contribution in [2.75, 3.05) is 12.8 Å². The zero-order valence-corrected chi connectivity index (χ0v) is 15.4. The highest BCUT2D eigenvalue weighted by atomic mass is 127. The number of rotatable bonds is 5. The number of aromatic hydroxyl groups is 1. The number of anilines is 1. The van der Waals surface area contributed by atoms with Gasteiger partial charge in [0, 0.05) is 20.0 Å². The first-order valence-electron chi connectivity index (χ1n) is 7.46. The number of phenolic OH excluding ortho intramolecular Hbond substituents is 1. The number of methoxy groups -OCH3 is 1. The number of nitrogens with two attached hydrogens (primary N) is 1. The van der Waals surface area contributed by atoms with Gasteiger partial charge in [-0.3, -0.25) is 0 Å². The molecule has 0 fully saturated rings. The van der Waals surface area contributed by atoms with Crippen LogP contribution >= 0.6 is 22.6 Å². The van der Waals surface area contributed by atoms with Gasteiger partial charge in [-0.25, -0.2) is 4.98 Å². The molecule has 0 bridgehead atoms. The summed E-state index contributed by atoms with van der Waals surface area (Å²) in [7, 11) is 1.62. The fraction of sp³-hybridized carbons (Fsp3) is 0.294. The highest BCUT2D eigenvalue weighted by Crippen LogP contribution is 2.43. The standard InChI is InChI=1S/C17H18IN3O3/c1-23-10-12-4-7-15(16(19)20-12)17(18)9-13(21-24-17)8-11-2-5-14(22)6-3-11/h2-7,22H,8-10H2,1H3,(H2,19,20). The van der Waals surface area contributed by atoms with Crippen molar-refractivity contribution in [2.45, 2.75) is 23.1 Å². The molecule has 1 aliphatic heterocycles. The number of halogens is 1. The van der Waals surface area contributed by atoms with Gasteiger partial charge in [0.2, 0.25) is 3.61 Å². The summed E-state index contributed by atoms with van der Waals surface area (Å²) in [6.45, 7) is 0.419. The summed E-state index contributed by atoms with van der Waals surface area (Å²) in [5.74, 6) is 0.682. The first kappa shape index (κ1) is 17.0. The number of hydrogen-bond donors (Lipinski definition) is 2. The van der Waals surface area contributed by atoms with Gasteiger partial charge < -0.3 is 20.4 Å². The van der Waals surface area contributed by atoms with Crippen LogP contribution in [0.3, 0.4) is 0 Å². The van der Waals surface area contributed by atoms with Crippen molar-refractivity contribution in [1.29, 1.82) is 0 Å². The third kappa shape index (κ3) is 3.62. The minimum Gasteiger partial charge on any atom is -0.508 e. The summed E-state index contributed by atoms with van der Waals surface area (Å²) in [4.78, 5) is 10.1. The average molecular weight is 439 g/mol. The molecule has 3 N–H and O–H groups in total. The SMILES string of the molecule is COCc1ccc(C2(I)CC(Cc3ccc(O)cc3)=NO2)c(N)n1. The molecule has 126 valence electrons. The lowest BCUT2D eigenvalue weighted by atomic mass is 10.0. The molecule has 0 amide bonds. The van der Waals surface area contributed by atoms with E-state index in [0.29, 0.717) is 25.3 Å². The van der Waals surface area contributed by atoms with E-state index in [2.05, 4.69) is 32.7 Å². The largest absolute Gasteiger partial charge is 0.508 e. The van der Waals surface area contributed by atoms with Crippen molar-refractivity contribution in [3.05, 3.63) is 53.2 Å². The highest BCUT2D eigenvalue weighted by Gasteiger charge is 2.40. The van der Waals surface area contributed by atoms with Crippen molar-refractivity contribution in [3.8, 4) is 5.75 Å². The van der Waals surface area contributed by atoms with Gasteiger partial charge in [0.25, 0.3) is 0 Å². The Morgan fingerprint density at radius 2 is 2.04 bits per heavy atom. The maximum Gasteiger partial charge on any atom is 0.221 e. The second-order valence-electron chi connectivity index (χ2n) is 5.67. The number of phenols is 1. The molecule has 7 heteroatoms. The number of hydrogen-bond acceptors (Lipinski definition) is 6. The van der Waals surface area contributed by atoms with Gasteiger partial charge in [0.15, 0.2) is 0 Å². The Bertz CT molecular complexity index is 764. The lowest BCUT2D eigenvalue weighted by Crippen LogP contribution is -2.21. The lowest BCUT2D eigenvalue weighted by Gasteiger charge is -2.21. The molecule has 0 saturated carbocycles. The molecule has 24 heavy (non-hydrogen) atoms. The van der Waals surface area contributed by atoms with E-state index < -0.39 is 3.61 Å². The summed E-state index contributed by atoms with van der Waals surface area (Å²) in [5, 5.41) is 13.6. The Balaban J connectivity index is 1.73. The fourth-order valence-electron chi connectivity index (χ4n) is 2.61. The Kier molecular flexibility index (Phi) is 4.91. The molecular weight excluding hydrogens is 421 g/mol. The maximum atomic E-state index is 9.35. The number of pyridine rings is 1. The Morgan fingerprint density at radius 3 is 2.71 bits per heavy atom. The topological polar surface area (TPSA) is 90.0 Å². The number of nitrogens with zero attached hydrogens (tertiary/aromatic N) is 2. The molecule has 0 spiro atoms. The normalized spacial score (nSPS) is 19.8. The zero-order valence-electron chi connectivity index (χ0n) is 13.2. The van der Waals surface area contributed by atoms with Crippen LogP contribution in [0, 0.1) is 0 Å². The lowest BCUT2D eigenvalue weighted by molar-refractivity contribution is 0.0700. The van der Waals surface area contributed by atoms with E-state index in [0.717, 1.165) is 22.5 Å². The first-order valence-corrected chi connectivity index (χ1v) is 8.53.